The number of hydrogen-bond donors (Lipinski definition) is 1. The highest BCUT2D eigenvalue weighted by Crippen LogP contribution is 2.27. The maximum absolute atomic E-state index is 12.5. The largest absolute Gasteiger partial charge is 0.319 e. The normalized spacial score (nSPS) is 12.1. The summed E-state index contributed by atoms with van der Waals surface area (Å²) < 4.78 is 1.77. The molecular weight excluding hydrogens is 356 g/mol. The summed E-state index contributed by atoms with van der Waals surface area (Å²) in [5.74, 6) is 0.359. The Balaban J connectivity index is 1.80. The number of benzene rings is 1. The van der Waals surface area contributed by atoms with Crippen molar-refractivity contribution in [2.45, 2.75) is 31.2 Å². The van der Waals surface area contributed by atoms with E-state index in [-0.39, 0.29) is 17.3 Å². The molecule has 10 heteroatoms. The molecular formula is C16H16N6O3S. The molecule has 1 amide bonds. The van der Waals surface area contributed by atoms with Crippen LogP contribution in [-0.2, 0) is 4.79 Å². The second-order valence-corrected chi connectivity index (χ2v) is 6.95. The van der Waals surface area contributed by atoms with Gasteiger partial charge < -0.3 is 5.32 Å². The average molecular weight is 372 g/mol. The molecule has 2 heterocycles. The molecule has 134 valence electrons. The maximum Gasteiger partial charge on any atom is 0.292 e. The van der Waals surface area contributed by atoms with E-state index in [4.69, 9.17) is 0 Å². The van der Waals surface area contributed by atoms with Gasteiger partial charge in [-0.15, -0.1) is 10.2 Å². The number of anilines is 1. The van der Waals surface area contributed by atoms with E-state index in [0.717, 1.165) is 11.5 Å². The SMILES string of the molecule is Cc1cc2nnc(SC(C)C(=O)Nc3ccccc3[N+](=O)[O-])n2c(C)n1. The highest BCUT2D eigenvalue weighted by molar-refractivity contribution is 8.00. The first-order valence-corrected chi connectivity index (χ1v) is 8.65. The zero-order chi connectivity index (χ0) is 18.8. The third kappa shape index (κ3) is 3.49. The highest BCUT2D eigenvalue weighted by Gasteiger charge is 2.22. The molecule has 0 saturated heterocycles. The lowest BCUT2D eigenvalue weighted by Crippen LogP contribution is -2.23. The van der Waals surface area contributed by atoms with Gasteiger partial charge >= 0.3 is 0 Å². The van der Waals surface area contributed by atoms with Crippen LogP contribution >= 0.6 is 11.8 Å². The van der Waals surface area contributed by atoms with E-state index in [1.807, 2.05) is 19.9 Å². The van der Waals surface area contributed by atoms with Gasteiger partial charge in [0.05, 0.1) is 10.2 Å². The number of rotatable bonds is 5. The fourth-order valence-electron chi connectivity index (χ4n) is 2.46. The molecule has 9 nitrogen and oxygen atoms in total. The standard InChI is InChI=1S/C16H16N6O3S/c1-9-8-14-19-20-16(21(14)11(3)17-9)26-10(2)15(23)18-12-6-4-5-7-13(12)22(24)25/h4-8,10H,1-3H3,(H,18,23). The average Bonchev–Trinajstić information content (AvgIpc) is 2.97. The van der Waals surface area contributed by atoms with Gasteiger partial charge in [-0.3, -0.25) is 19.3 Å². The fraction of sp³-hybridized carbons (Fsp3) is 0.250. The molecule has 26 heavy (non-hydrogen) atoms. The minimum atomic E-state index is -0.539. The number of carbonyl (C=O) groups excluding carboxylic acids is 1. The Bertz CT molecular complexity index is 1000. The summed E-state index contributed by atoms with van der Waals surface area (Å²) in [6.07, 6.45) is 0. The van der Waals surface area contributed by atoms with Gasteiger partial charge in [-0.25, -0.2) is 4.98 Å². The van der Waals surface area contributed by atoms with Crippen molar-refractivity contribution >= 4 is 34.7 Å². The first kappa shape index (κ1) is 17.8. The first-order chi connectivity index (χ1) is 12.4. The van der Waals surface area contributed by atoms with E-state index in [0.29, 0.717) is 10.8 Å². The summed E-state index contributed by atoms with van der Waals surface area (Å²) >= 11 is 1.21. The Morgan fingerprint density at radius 2 is 2.04 bits per heavy atom. The molecule has 3 aromatic rings. The maximum atomic E-state index is 12.5. The van der Waals surface area contributed by atoms with Gasteiger partial charge in [0.2, 0.25) is 5.91 Å². The summed E-state index contributed by atoms with van der Waals surface area (Å²) in [4.78, 5) is 27.4. The number of fused-ring (bicyclic) bond motifs is 1. The van der Waals surface area contributed by atoms with Crippen LogP contribution in [0.15, 0.2) is 35.5 Å². The second-order valence-electron chi connectivity index (χ2n) is 5.64. The zero-order valence-electron chi connectivity index (χ0n) is 14.3. The lowest BCUT2D eigenvalue weighted by Gasteiger charge is -2.11. The number of carbonyl (C=O) groups is 1. The van der Waals surface area contributed by atoms with E-state index in [1.165, 1.54) is 23.9 Å². The number of aryl methyl sites for hydroxylation is 2. The molecule has 3 rings (SSSR count). The quantitative estimate of drug-likeness (QED) is 0.416. The Hall–Kier alpha value is -3.01. The molecule has 0 spiro atoms. The molecule has 1 N–H and O–H groups in total. The monoisotopic (exact) mass is 372 g/mol. The van der Waals surface area contributed by atoms with Crippen LogP contribution in [0.5, 0.6) is 0 Å². The van der Waals surface area contributed by atoms with Crippen LogP contribution in [0.25, 0.3) is 5.65 Å². The predicted molar refractivity (Wildman–Crippen MR) is 97.3 cm³/mol. The molecule has 0 aliphatic rings. The highest BCUT2D eigenvalue weighted by atomic mass is 32.2. The summed E-state index contributed by atoms with van der Waals surface area (Å²) in [6.45, 7) is 5.41. The Morgan fingerprint density at radius 1 is 1.31 bits per heavy atom. The number of nitro groups is 1. The van der Waals surface area contributed by atoms with Crippen LogP contribution in [0.1, 0.15) is 18.4 Å². The van der Waals surface area contributed by atoms with Gasteiger partial charge in [0.15, 0.2) is 10.8 Å². The molecule has 0 aliphatic carbocycles. The van der Waals surface area contributed by atoms with Crippen LogP contribution in [0.3, 0.4) is 0 Å². The third-order valence-corrected chi connectivity index (χ3v) is 4.71. The van der Waals surface area contributed by atoms with Crippen molar-refractivity contribution in [1.29, 1.82) is 0 Å². The number of nitrogens with one attached hydrogen (secondary N) is 1. The van der Waals surface area contributed by atoms with Crippen molar-refractivity contribution in [3.8, 4) is 0 Å². The molecule has 2 aromatic heterocycles. The number of hydrogen-bond acceptors (Lipinski definition) is 7. The minimum Gasteiger partial charge on any atom is -0.319 e. The van der Waals surface area contributed by atoms with E-state index >= 15 is 0 Å². The van der Waals surface area contributed by atoms with Crippen LogP contribution < -0.4 is 5.32 Å². The van der Waals surface area contributed by atoms with Crippen LogP contribution in [0, 0.1) is 24.0 Å². The lowest BCUT2D eigenvalue weighted by atomic mass is 10.2. The Morgan fingerprint density at radius 3 is 2.77 bits per heavy atom. The van der Waals surface area contributed by atoms with E-state index in [2.05, 4.69) is 20.5 Å². The number of thioether (sulfide) groups is 1. The Kier molecular flexibility index (Phi) is 4.85. The van der Waals surface area contributed by atoms with Gasteiger partial charge in [0, 0.05) is 17.8 Å². The smallest absolute Gasteiger partial charge is 0.292 e. The van der Waals surface area contributed by atoms with Crippen LogP contribution in [-0.4, -0.2) is 35.7 Å². The van der Waals surface area contributed by atoms with Crippen molar-refractivity contribution in [3.63, 3.8) is 0 Å². The van der Waals surface area contributed by atoms with Gasteiger partial charge in [-0.2, -0.15) is 0 Å². The summed E-state index contributed by atoms with van der Waals surface area (Å²) in [5.41, 5.74) is 1.50. The molecule has 0 fully saturated rings. The lowest BCUT2D eigenvalue weighted by molar-refractivity contribution is -0.383. The van der Waals surface area contributed by atoms with Crippen LogP contribution in [0.4, 0.5) is 11.4 Å². The third-order valence-electron chi connectivity index (χ3n) is 3.67. The number of aromatic nitrogens is 4. The van der Waals surface area contributed by atoms with E-state index in [9.17, 15) is 14.9 Å². The molecule has 1 aromatic carbocycles. The molecule has 0 saturated carbocycles. The van der Waals surface area contributed by atoms with Gasteiger partial charge in [-0.1, -0.05) is 23.9 Å². The number of nitrogens with zero attached hydrogens (tertiary/aromatic N) is 5. The zero-order valence-corrected chi connectivity index (χ0v) is 15.1. The van der Waals surface area contributed by atoms with Gasteiger partial charge in [0.25, 0.3) is 5.69 Å². The Labute approximate surface area is 153 Å². The van der Waals surface area contributed by atoms with Gasteiger partial charge in [-0.05, 0) is 26.8 Å². The van der Waals surface area contributed by atoms with Crippen molar-refractivity contribution in [3.05, 3.63) is 52.0 Å². The fourth-order valence-corrected chi connectivity index (χ4v) is 3.37. The van der Waals surface area contributed by atoms with Crippen LogP contribution in [0.2, 0.25) is 0 Å². The van der Waals surface area contributed by atoms with E-state index in [1.54, 1.807) is 23.5 Å². The predicted octanol–water partition coefficient (Wildman–Crippen LogP) is 2.77. The molecule has 1 atom stereocenters. The van der Waals surface area contributed by atoms with E-state index < -0.39 is 10.2 Å². The molecule has 0 aliphatic heterocycles. The number of nitro benzene ring substituents is 1. The topological polar surface area (TPSA) is 115 Å². The second kappa shape index (κ2) is 7.08. The van der Waals surface area contributed by atoms with Crippen molar-refractivity contribution in [2.75, 3.05) is 5.32 Å². The first-order valence-electron chi connectivity index (χ1n) is 7.77. The van der Waals surface area contributed by atoms with Crippen molar-refractivity contribution in [2.24, 2.45) is 0 Å². The molecule has 1 unspecified atom stereocenters. The van der Waals surface area contributed by atoms with Crippen molar-refractivity contribution < 1.29 is 9.72 Å². The number of amides is 1. The summed E-state index contributed by atoms with van der Waals surface area (Å²) in [7, 11) is 0. The van der Waals surface area contributed by atoms with Gasteiger partial charge in [0.1, 0.15) is 11.5 Å². The summed E-state index contributed by atoms with van der Waals surface area (Å²) in [5, 5.41) is 21.9. The molecule has 0 bridgehead atoms. The summed E-state index contributed by atoms with van der Waals surface area (Å²) in [6, 6.07) is 7.82. The minimum absolute atomic E-state index is 0.151. The number of para-hydroxylation sites is 2. The molecule has 0 radical (unpaired) electrons. The van der Waals surface area contributed by atoms with Crippen molar-refractivity contribution in [1.82, 2.24) is 19.6 Å².